The van der Waals surface area contributed by atoms with Crippen LogP contribution in [0.4, 0.5) is 5.69 Å². The van der Waals surface area contributed by atoms with Gasteiger partial charge in [0.2, 0.25) is 11.5 Å². The second-order valence-electron chi connectivity index (χ2n) is 8.39. The monoisotopic (exact) mass is 447 g/mol. The van der Waals surface area contributed by atoms with Gasteiger partial charge in [0.25, 0.3) is 5.56 Å². The summed E-state index contributed by atoms with van der Waals surface area (Å²) in [5, 5.41) is 4.42. The van der Waals surface area contributed by atoms with Gasteiger partial charge in [-0.05, 0) is 49.9 Å². The van der Waals surface area contributed by atoms with Crippen LogP contribution in [0.3, 0.4) is 0 Å². The molecular weight excluding hydrogens is 422 g/mol. The highest BCUT2D eigenvalue weighted by molar-refractivity contribution is 7.99. The smallest absolute Gasteiger partial charge is 0.298 e. The molecule has 0 spiro atoms. The third-order valence-corrected chi connectivity index (χ3v) is 7.12. The molecule has 1 aliphatic carbocycles. The lowest BCUT2D eigenvalue weighted by atomic mass is 10.1. The SMILES string of the molecule is Cc1cccc(C)c1NC(=O)CSc1nc2c(oc3ccccc32)c(=O)n1C1CCCC1. The number of nitrogens with one attached hydrogen (secondary N) is 1. The van der Waals surface area contributed by atoms with Crippen LogP contribution in [0.2, 0.25) is 0 Å². The van der Waals surface area contributed by atoms with Gasteiger partial charge in [0, 0.05) is 17.1 Å². The Hall–Kier alpha value is -3.06. The van der Waals surface area contributed by atoms with Crippen LogP contribution in [0.5, 0.6) is 0 Å². The lowest BCUT2D eigenvalue weighted by molar-refractivity contribution is -0.113. The van der Waals surface area contributed by atoms with Crippen molar-refractivity contribution < 1.29 is 9.21 Å². The number of amides is 1. The lowest BCUT2D eigenvalue weighted by Crippen LogP contribution is -2.26. The van der Waals surface area contributed by atoms with Crippen molar-refractivity contribution in [1.82, 2.24) is 9.55 Å². The number of thioether (sulfide) groups is 1. The van der Waals surface area contributed by atoms with E-state index in [-0.39, 0.29) is 23.3 Å². The minimum absolute atomic E-state index is 0.0942. The molecule has 164 valence electrons. The molecule has 32 heavy (non-hydrogen) atoms. The topological polar surface area (TPSA) is 77.1 Å². The number of carbonyl (C=O) groups is 1. The fourth-order valence-corrected chi connectivity index (χ4v) is 5.40. The van der Waals surface area contributed by atoms with Crippen LogP contribution in [0, 0.1) is 13.8 Å². The molecule has 0 atom stereocenters. The third kappa shape index (κ3) is 3.71. The van der Waals surface area contributed by atoms with E-state index in [2.05, 4.69) is 5.32 Å². The molecule has 0 aliphatic heterocycles. The lowest BCUT2D eigenvalue weighted by Gasteiger charge is -2.17. The normalized spacial score (nSPS) is 14.4. The zero-order chi connectivity index (χ0) is 22.2. The molecule has 1 saturated carbocycles. The maximum absolute atomic E-state index is 13.4. The summed E-state index contributed by atoms with van der Waals surface area (Å²) in [6.07, 6.45) is 4.06. The van der Waals surface area contributed by atoms with Crippen molar-refractivity contribution in [1.29, 1.82) is 0 Å². The Morgan fingerprint density at radius 2 is 1.84 bits per heavy atom. The van der Waals surface area contributed by atoms with Gasteiger partial charge >= 0.3 is 0 Å². The summed E-state index contributed by atoms with van der Waals surface area (Å²) in [5.74, 6) is 0.0607. The zero-order valence-corrected chi connectivity index (χ0v) is 19.0. The van der Waals surface area contributed by atoms with Gasteiger partial charge in [-0.15, -0.1) is 0 Å². The van der Waals surface area contributed by atoms with E-state index < -0.39 is 0 Å². The highest BCUT2D eigenvalue weighted by Crippen LogP contribution is 2.34. The Morgan fingerprint density at radius 1 is 1.12 bits per heavy atom. The number of fused-ring (bicyclic) bond motifs is 3. The van der Waals surface area contributed by atoms with E-state index in [4.69, 9.17) is 9.40 Å². The molecule has 0 radical (unpaired) electrons. The number of aromatic nitrogens is 2. The minimum Gasteiger partial charge on any atom is -0.448 e. The first-order chi connectivity index (χ1) is 15.5. The highest BCUT2D eigenvalue weighted by atomic mass is 32.2. The summed E-state index contributed by atoms with van der Waals surface area (Å²) in [7, 11) is 0. The van der Waals surface area contributed by atoms with Crippen molar-refractivity contribution in [3.05, 3.63) is 63.9 Å². The summed E-state index contributed by atoms with van der Waals surface area (Å²) in [5.41, 5.74) is 4.25. The second kappa shape index (κ2) is 8.47. The predicted octanol–water partition coefficient (Wildman–Crippen LogP) is 5.61. The molecule has 2 aromatic heterocycles. The summed E-state index contributed by atoms with van der Waals surface area (Å²) in [6.45, 7) is 3.96. The first-order valence-corrected chi connectivity index (χ1v) is 11.9. The number of para-hydroxylation sites is 2. The van der Waals surface area contributed by atoms with Crippen molar-refractivity contribution in [2.75, 3.05) is 11.1 Å². The molecule has 0 saturated heterocycles. The second-order valence-corrected chi connectivity index (χ2v) is 9.33. The van der Waals surface area contributed by atoms with E-state index in [1.807, 2.05) is 56.3 Å². The van der Waals surface area contributed by atoms with Crippen molar-refractivity contribution >= 4 is 45.4 Å². The van der Waals surface area contributed by atoms with Crippen molar-refractivity contribution in [3.63, 3.8) is 0 Å². The van der Waals surface area contributed by atoms with Gasteiger partial charge in [-0.1, -0.05) is 54.9 Å². The van der Waals surface area contributed by atoms with Crippen LogP contribution in [-0.2, 0) is 4.79 Å². The van der Waals surface area contributed by atoms with E-state index in [1.165, 1.54) is 11.8 Å². The Labute approximate surface area is 190 Å². The first-order valence-electron chi connectivity index (χ1n) is 11.0. The van der Waals surface area contributed by atoms with E-state index in [9.17, 15) is 9.59 Å². The molecule has 6 nitrogen and oxygen atoms in total. The number of hydrogen-bond donors (Lipinski definition) is 1. The van der Waals surface area contributed by atoms with Crippen molar-refractivity contribution in [2.45, 2.75) is 50.7 Å². The minimum atomic E-state index is -0.157. The van der Waals surface area contributed by atoms with Gasteiger partial charge in [-0.3, -0.25) is 14.2 Å². The van der Waals surface area contributed by atoms with Crippen LogP contribution in [0.1, 0.15) is 42.9 Å². The summed E-state index contributed by atoms with van der Waals surface area (Å²) >= 11 is 1.31. The van der Waals surface area contributed by atoms with E-state index in [0.717, 1.165) is 47.9 Å². The molecule has 4 aromatic rings. The molecular formula is C25H25N3O3S. The number of aryl methyl sites for hydroxylation is 2. The quantitative estimate of drug-likeness (QED) is 0.318. The molecule has 5 rings (SSSR count). The molecule has 0 unspecified atom stereocenters. The Morgan fingerprint density at radius 3 is 2.59 bits per heavy atom. The molecule has 1 N–H and O–H groups in total. The number of furan rings is 1. The summed E-state index contributed by atoms with van der Waals surface area (Å²) < 4.78 is 7.64. The Bertz CT molecular complexity index is 1360. The van der Waals surface area contributed by atoms with E-state index in [0.29, 0.717) is 21.8 Å². The Balaban J connectivity index is 1.50. The van der Waals surface area contributed by atoms with E-state index in [1.54, 1.807) is 4.57 Å². The van der Waals surface area contributed by atoms with Crippen LogP contribution >= 0.6 is 11.8 Å². The molecule has 2 heterocycles. The number of rotatable bonds is 5. The molecule has 1 fully saturated rings. The van der Waals surface area contributed by atoms with Gasteiger partial charge in [0.05, 0.1) is 5.75 Å². The number of benzene rings is 2. The number of nitrogens with zero attached hydrogens (tertiary/aromatic N) is 2. The van der Waals surface area contributed by atoms with Gasteiger partial charge in [0.1, 0.15) is 11.1 Å². The fourth-order valence-electron chi connectivity index (χ4n) is 4.54. The summed E-state index contributed by atoms with van der Waals surface area (Å²) in [6, 6.07) is 13.6. The maximum atomic E-state index is 13.4. The van der Waals surface area contributed by atoms with Gasteiger partial charge in [-0.25, -0.2) is 4.98 Å². The van der Waals surface area contributed by atoms with Crippen molar-refractivity contribution in [3.8, 4) is 0 Å². The molecule has 1 aliphatic rings. The molecule has 1 amide bonds. The average molecular weight is 448 g/mol. The van der Waals surface area contributed by atoms with E-state index >= 15 is 0 Å². The maximum Gasteiger partial charge on any atom is 0.298 e. The molecule has 0 bridgehead atoms. The third-order valence-electron chi connectivity index (χ3n) is 6.16. The number of hydrogen-bond acceptors (Lipinski definition) is 5. The largest absolute Gasteiger partial charge is 0.448 e. The molecule has 2 aromatic carbocycles. The van der Waals surface area contributed by atoms with Crippen LogP contribution < -0.4 is 10.9 Å². The fraction of sp³-hybridized carbons (Fsp3) is 0.320. The molecule has 7 heteroatoms. The Kier molecular flexibility index (Phi) is 5.51. The van der Waals surface area contributed by atoms with Crippen LogP contribution in [0.15, 0.2) is 56.8 Å². The number of carbonyl (C=O) groups excluding carboxylic acids is 1. The predicted molar refractivity (Wildman–Crippen MR) is 129 cm³/mol. The standard InChI is InChI=1S/C25H25N3O3S/c1-15-8-7-9-16(2)21(15)26-20(29)14-32-25-27-22-18-12-5-6-13-19(18)31-23(22)24(30)28(25)17-10-3-4-11-17/h5-9,12-13,17H,3-4,10-11,14H2,1-2H3,(H,26,29). The average Bonchev–Trinajstić information content (AvgIpc) is 3.43. The highest BCUT2D eigenvalue weighted by Gasteiger charge is 2.25. The van der Waals surface area contributed by atoms with Crippen LogP contribution in [-0.4, -0.2) is 21.2 Å². The van der Waals surface area contributed by atoms with Crippen molar-refractivity contribution in [2.24, 2.45) is 0 Å². The van der Waals surface area contributed by atoms with Gasteiger partial charge < -0.3 is 9.73 Å². The van der Waals surface area contributed by atoms with Crippen LogP contribution in [0.25, 0.3) is 22.1 Å². The first kappa shape index (κ1) is 20.8. The van der Waals surface area contributed by atoms with Gasteiger partial charge in [-0.2, -0.15) is 0 Å². The number of anilines is 1. The van der Waals surface area contributed by atoms with Gasteiger partial charge in [0.15, 0.2) is 5.16 Å². The zero-order valence-electron chi connectivity index (χ0n) is 18.2. The summed E-state index contributed by atoms with van der Waals surface area (Å²) in [4.78, 5) is 31.0.